The predicted molar refractivity (Wildman–Crippen MR) is 122 cm³/mol. The summed E-state index contributed by atoms with van der Waals surface area (Å²) in [5.41, 5.74) is 0.739. The van der Waals surface area contributed by atoms with Crippen molar-refractivity contribution in [1.29, 1.82) is 0 Å². The van der Waals surface area contributed by atoms with Crippen LogP contribution >= 0.6 is 0 Å². The Kier molecular flexibility index (Phi) is 15.8. The van der Waals surface area contributed by atoms with E-state index >= 15 is 0 Å². The second kappa shape index (κ2) is 18.1. The van der Waals surface area contributed by atoms with E-state index in [2.05, 4.69) is 11.7 Å². The minimum absolute atomic E-state index is 0.00646. The van der Waals surface area contributed by atoms with Crippen LogP contribution in [0.2, 0.25) is 0 Å². The van der Waals surface area contributed by atoms with Crippen molar-refractivity contribution < 1.29 is 24.5 Å². The zero-order valence-corrected chi connectivity index (χ0v) is 18.9. The summed E-state index contributed by atoms with van der Waals surface area (Å²) in [6.45, 7) is 4.04. The molecule has 0 heterocycles. The lowest BCUT2D eigenvalue weighted by molar-refractivity contribution is 0.125. The van der Waals surface area contributed by atoms with Gasteiger partial charge in [0.2, 0.25) is 0 Å². The molecule has 1 rings (SSSR count). The molecular formula is C25H42O5. The van der Waals surface area contributed by atoms with Crippen molar-refractivity contribution in [3.63, 3.8) is 0 Å². The number of ether oxygens (including phenoxy) is 2. The van der Waals surface area contributed by atoms with Gasteiger partial charge in [0, 0.05) is 13.2 Å². The number of phenolic OH excluding ortho intramolecular Hbond substituents is 1. The average molecular weight is 423 g/mol. The Hall–Kier alpha value is -1.75. The van der Waals surface area contributed by atoms with Crippen molar-refractivity contribution >= 4 is 6.16 Å². The molecule has 0 amide bonds. The first kappa shape index (κ1) is 26.3. The highest BCUT2D eigenvalue weighted by Gasteiger charge is 2.10. The Bertz CT molecular complexity index is 558. The van der Waals surface area contributed by atoms with Crippen LogP contribution in [0.3, 0.4) is 0 Å². The minimum atomic E-state index is -1.41. The van der Waals surface area contributed by atoms with E-state index in [0.29, 0.717) is 0 Å². The van der Waals surface area contributed by atoms with Crippen molar-refractivity contribution in [2.45, 2.75) is 103 Å². The SMILES string of the molecule is CCCCCCCCCCOCCCCCCCCc1cccc(OC(=O)O)c1O. The van der Waals surface area contributed by atoms with Crippen molar-refractivity contribution in [3.8, 4) is 11.5 Å². The van der Waals surface area contributed by atoms with Gasteiger partial charge in [0.1, 0.15) is 0 Å². The number of benzene rings is 1. The number of aryl methyl sites for hydroxylation is 1. The van der Waals surface area contributed by atoms with E-state index in [1.54, 1.807) is 6.07 Å². The van der Waals surface area contributed by atoms with Crippen LogP contribution in [-0.2, 0) is 11.2 Å². The Morgan fingerprint density at radius 3 is 1.90 bits per heavy atom. The van der Waals surface area contributed by atoms with Crippen molar-refractivity contribution in [1.82, 2.24) is 0 Å². The van der Waals surface area contributed by atoms with E-state index in [1.807, 2.05) is 6.07 Å². The van der Waals surface area contributed by atoms with Crippen LogP contribution < -0.4 is 4.74 Å². The van der Waals surface area contributed by atoms with Crippen LogP contribution in [-0.4, -0.2) is 29.6 Å². The molecule has 172 valence electrons. The molecule has 0 aliphatic rings. The van der Waals surface area contributed by atoms with E-state index in [9.17, 15) is 9.90 Å². The molecule has 5 heteroatoms. The molecule has 0 saturated carbocycles. The van der Waals surface area contributed by atoms with E-state index in [1.165, 1.54) is 76.7 Å². The topological polar surface area (TPSA) is 76.0 Å². The van der Waals surface area contributed by atoms with Crippen LogP contribution in [0.4, 0.5) is 4.79 Å². The van der Waals surface area contributed by atoms with E-state index in [-0.39, 0.29) is 11.5 Å². The third-order valence-corrected chi connectivity index (χ3v) is 5.41. The number of carbonyl (C=O) groups is 1. The first-order valence-electron chi connectivity index (χ1n) is 11.9. The highest BCUT2D eigenvalue weighted by Crippen LogP contribution is 2.31. The van der Waals surface area contributed by atoms with Crippen LogP contribution in [0.15, 0.2) is 18.2 Å². The van der Waals surface area contributed by atoms with Gasteiger partial charge in [0.05, 0.1) is 0 Å². The number of unbranched alkanes of at least 4 members (excludes halogenated alkanes) is 12. The van der Waals surface area contributed by atoms with Crippen LogP contribution in [0, 0.1) is 0 Å². The first-order valence-corrected chi connectivity index (χ1v) is 11.9. The number of hydrogen-bond acceptors (Lipinski definition) is 4. The number of phenols is 1. The Balaban J connectivity index is 1.90. The molecule has 0 aliphatic heterocycles. The van der Waals surface area contributed by atoms with Crippen molar-refractivity contribution in [2.75, 3.05) is 13.2 Å². The van der Waals surface area contributed by atoms with Crippen molar-refractivity contribution in [3.05, 3.63) is 23.8 Å². The van der Waals surface area contributed by atoms with E-state index in [4.69, 9.17) is 9.84 Å². The second-order valence-corrected chi connectivity index (χ2v) is 8.09. The first-order chi connectivity index (χ1) is 14.6. The summed E-state index contributed by atoms with van der Waals surface area (Å²) in [5.74, 6) is -0.0551. The number of aromatic hydroxyl groups is 1. The molecule has 0 aliphatic carbocycles. The largest absolute Gasteiger partial charge is 0.511 e. The zero-order valence-electron chi connectivity index (χ0n) is 18.9. The Morgan fingerprint density at radius 2 is 1.33 bits per heavy atom. The van der Waals surface area contributed by atoms with Gasteiger partial charge in [-0.15, -0.1) is 0 Å². The summed E-state index contributed by atoms with van der Waals surface area (Å²) in [4.78, 5) is 10.6. The van der Waals surface area contributed by atoms with Gasteiger partial charge in [0.15, 0.2) is 11.5 Å². The Morgan fingerprint density at radius 1 is 0.800 bits per heavy atom. The average Bonchev–Trinajstić information content (AvgIpc) is 2.72. The zero-order chi connectivity index (χ0) is 21.9. The summed E-state index contributed by atoms with van der Waals surface area (Å²) in [5, 5.41) is 18.7. The number of hydrogen-bond donors (Lipinski definition) is 2. The summed E-state index contributed by atoms with van der Waals surface area (Å²) < 4.78 is 10.3. The molecule has 0 spiro atoms. The molecule has 0 bridgehead atoms. The second-order valence-electron chi connectivity index (χ2n) is 8.09. The molecule has 30 heavy (non-hydrogen) atoms. The lowest BCUT2D eigenvalue weighted by Gasteiger charge is -2.08. The van der Waals surface area contributed by atoms with Gasteiger partial charge in [-0.05, 0) is 37.3 Å². The van der Waals surface area contributed by atoms with Crippen LogP contribution in [0.25, 0.3) is 0 Å². The Labute approximate surface area is 182 Å². The van der Waals surface area contributed by atoms with Gasteiger partial charge in [0.25, 0.3) is 0 Å². The normalized spacial score (nSPS) is 11.0. The lowest BCUT2D eigenvalue weighted by Crippen LogP contribution is -2.03. The summed E-state index contributed by atoms with van der Waals surface area (Å²) in [6.07, 6.45) is 16.8. The summed E-state index contributed by atoms with van der Waals surface area (Å²) in [6, 6.07) is 4.98. The molecule has 0 aromatic heterocycles. The molecule has 0 unspecified atom stereocenters. The van der Waals surface area contributed by atoms with Gasteiger partial charge in [-0.3, -0.25) is 0 Å². The molecule has 1 aromatic carbocycles. The fourth-order valence-electron chi connectivity index (χ4n) is 3.61. The number of carboxylic acid groups (broad SMARTS) is 1. The maximum Gasteiger partial charge on any atom is 0.511 e. The van der Waals surface area contributed by atoms with Crippen molar-refractivity contribution in [2.24, 2.45) is 0 Å². The van der Waals surface area contributed by atoms with Crippen LogP contribution in [0.1, 0.15) is 102 Å². The molecule has 0 radical (unpaired) electrons. The lowest BCUT2D eigenvalue weighted by atomic mass is 10.0. The molecule has 0 fully saturated rings. The van der Waals surface area contributed by atoms with Gasteiger partial charge in [-0.2, -0.15) is 0 Å². The third-order valence-electron chi connectivity index (χ3n) is 5.41. The van der Waals surface area contributed by atoms with Gasteiger partial charge in [-0.1, -0.05) is 89.7 Å². The van der Waals surface area contributed by atoms with E-state index < -0.39 is 6.16 Å². The molecule has 2 N–H and O–H groups in total. The molecule has 5 nitrogen and oxygen atoms in total. The smallest absolute Gasteiger partial charge is 0.504 e. The highest BCUT2D eigenvalue weighted by atomic mass is 16.7. The maximum absolute atomic E-state index is 10.6. The summed E-state index contributed by atoms with van der Waals surface area (Å²) >= 11 is 0. The minimum Gasteiger partial charge on any atom is -0.504 e. The molecular weight excluding hydrogens is 380 g/mol. The molecule has 0 saturated heterocycles. The standard InChI is InChI=1S/C25H42O5/c1-2-3-4-5-6-8-11-14-20-29-21-15-12-9-7-10-13-17-22-18-16-19-23(24(22)26)30-25(27)28/h16,18-19,26H,2-15,17,20-21H2,1H3,(H,27,28). The fraction of sp³-hybridized carbons (Fsp3) is 0.720. The predicted octanol–water partition coefficient (Wildman–Crippen LogP) is 7.49. The summed E-state index contributed by atoms with van der Waals surface area (Å²) in [7, 11) is 0. The maximum atomic E-state index is 10.6. The van der Waals surface area contributed by atoms with E-state index in [0.717, 1.165) is 44.5 Å². The number of para-hydroxylation sites is 1. The number of rotatable bonds is 19. The van der Waals surface area contributed by atoms with Crippen LogP contribution in [0.5, 0.6) is 11.5 Å². The molecule has 1 aromatic rings. The quantitative estimate of drug-likeness (QED) is 0.137. The van der Waals surface area contributed by atoms with Gasteiger partial charge < -0.3 is 19.7 Å². The molecule has 0 atom stereocenters. The van der Waals surface area contributed by atoms with Gasteiger partial charge >= 0.3 is 6.16 Å². The monoisotopic (exact) mass is 422 g/mol. The van der Waals surface area contributed by atoms with Gasteiger partial charge in [-0.25, -0.2) is 4.79 Å². The highest BCUT2D eigenvalue weighted by molar-refractivity contribution is 5.63. The third kappa shape index (κ3) is 13.5. The fourth-order valence-corrected chi connectivity index (χ4v) is 3.61.